The normalized spacial score (nSPS) is 15.4. The van der Waals surface area contributed by atoms with Crippen LogP contribution >= 0.6 is 0 Å². The fraction of sp³-hybridized carbons (Fsp3) is 0.240. The fourth-order valence-corrected chi connectivity index (χ4v) is 4.57. The SMILES string of the molecule is COc1cc([C@@H]2CC(=O)c3cnc4[nH]n(-c5ccccc5)c(=O)c4c3C2)cc(OC)c1OC. The third kappa shape index (κ3) is 3.34. The van der Waals surface area contributed by atoms with Crippen molar-refractivity contribution < 1.29 is 19.0 Å². The molecule has 2 aromatic carbocycles. The van der Waals surface area contributed by atoms with E-state index in [0.717, 1.165) is 5.56 Å². The van der Waals surface area contributed by atoms with Crippen molar-refractivity contribution in [3.8, 4) is 22.9 Å². The maximum atomic E-state index is 13.4. The molecule has 0 aliphatic heterocycles. The van der Waals surface area contributed by atoms with E-state index in [1.807, 2.05) is 42.5 Å². The third-order valence-corrected chi connectivity index (χ3v) is 6.18. The van der Waals surface area contributed by atoms with E-state index >= 15 is 0 Å². The molecule has 1 aliphatic carbocycles. The first-order valence-corrected chi connectivity index (χ1v) is 10.6. The number of ether oxygens (including phenoxy) is 3. The number of ketones is 1. The Morgan fingerprint density at radius 3 is 2.30 bits per heavy atom. The van der Waals surface area contributed by atoms with E-state index in [4.69, 9.17) is 14.2 Å². The van der Waals surface area contributed by atoms with Gasteiger partial charge in [0.15, 0.2) is 22.9 Å². The Kier molecular flexibility index (Phi) is 5.12. The highest BCUT2D eigenvalue weighted by Gasteiger charge is 2.31. The number of hydrogen-bond donors (Lipinski definition) is 1. The zero-order chi connectivity index (χ0) is 23.1. The second-order valence-electron chi connectivity index (χ2n) is 7.95. The Morgan fingerprint density at radius 1 is 0.970 bits per heavy atom. The van der Waals surface area contributed by atoms with Crippen LogP contribution in [0.2, 0.25) is 0 Å². The van der Waals surface area contributed by atoms with Gasteiger partial charge in [0.1, 0.15) is 0 Å². The zero-order valence-electron chi connectivity index (χ0n) is 18.5. The lowest BCUT2D eigenvalue weighted by molar-refractivity contribution is 0.0964. The van der Waals surface area contributed by atoms with Crippen LogP contribution in [0.1, 0.15) is 33.8 Å². The number of aromatic nitrogens is 3. The van der Waals surface area contributed by atoms with Gasteiger partial charge in [0.25, 0.3) is 5.56 Å². The highest BCUT2D eigenvalue weighted by molar-refractivity contribution is 6.02. The summed E-state index contributed by atoms with van der Waals surface area (Å²) in [6, 6.07) is 13.0. The third-order valence-electron chi connectivity index (χ3n) is 6.18. The summed E-state index contributed by atoms with van der Waals surface area (Å²) < 4.78 is 17.9. The van der Waals surface area contributed by atoms with Crippen LogP contribution in [-0.4, -0.2) is 41.9 Å². The minimum absolute atomic E-state index is 0.0451. The van der Waals surface area contributed by atoms with Crippen molar-refractivity contribution >= 4 is 16.8 Å². The average Bonchev–Trinajstić information content (AvgIpc) is 3.20. The summed E-state index contributed by atoms with van der Waals surface area (Å²) in [4.78, 5) is 30.8. The topological polar surface area (TPSA) is 95.4 Å². The highest BCUT2D eigenvalue weighted by Crippen LogP contribution is 2.43. The molecule has 168 valence electrons. The van der Waals surface area contributed by atoms with Crippen LogP contribution in [0.4, 0.5) is 0 Å². The number of benzene rings is 2. The van der Waals surface area contributed by atoms with Crippen LogP contribution < -0.4 is 19.8 Å². The number of carbonyl (C=O) groups excluding carboxylic acids is 1. The van der Waals surface area contributed by atoms with Crippen molar-refractivity contribution in [2.75, 3.05) is 21.3 Å². The highest BCUT2D eigenvalue weighted by atomic mass is 16.5. The largest absolute Gasteiger partial charge is 0.493 e. The number of pyridine rings is 1. The number of nitrogens with zero attached hydrogens (tertiary/aromatic N) is 2. The molecule has 1 atom stereocenters. The lowest BCUT2D eigenvalue weighted by Gasteiger charge is -2.25. The van der Waals surface area contributed by atoms with E-state index in [9.17, 15) is 9.59 Å². The van der Waals surface area contributed by atoms with Crippen LogP contribution in [0, 0.1) is 0 Å². The van der Waals surface area contributed by atoms with Gasteiger partial charge in [0, 0.05) is 18.2 Å². The van der Waals surface area contributed by atoms with Crippen LogP contribution in [-0.2, 0) is 6.42 Å². The molecule has 8 nitrogen and oxygen atoms in total. The zero-order valence-corrected chi connectivity index (χ0v) is 18.5. The Bertz CT molecular complexity index is 1400. The van der Waals surface area contributed by atoms with Crippen molar-refractivity contribution in [2.45, 2.75) is 18.8 Å². The van der Waals surface area contributed by atoms with E-state index in [0.29, 0.717) is 57.9 Å². The van der Waals surface area contributed by atoms with Crippen LogP contribution in [0.3, 0.4) is 0 Å². The molecule has 0 radical (unpaired) electrons. The summed E-state index contributed by atoms with van der Waals surface area (Å²) in [5.74, 6) is 1.35. The van der Waals surface area contributed by atoms with Gasteiger partial charge in [-0.3, -0.25) is 14.7 Å². The molecule has 8 heteroatoms. The van der Waals surface area contributed by atoms with Gasteiger partial charge in [0.2, 0.25) is 5.75 Å². The standard InChI is InChI=1S/C25H23N3O5/c1-31-20-11-15(12-21(32-2)23(20)33-3)14-9-17-18(19(29)10-14)13-26-24-22(17)25(30)28(27-24)16-7-5-4-6-8-16/h4-8,11-14H,9-10H2,1-3H3,(H,26,27)/t14-/m0/s1. The minimum atomic E-state index is -0.223. The lowest BCUT2D eigenvalue weighted by atomic mass is 9.79. The minimum Gasteiger partial charge on any atom is -0.493 e. The quantitative estimate of drug-likeness (QED) is 0.504. The van der Waals surface area contributed by atoms with E-state index in [1.165, 1.54) is 4.68 Å². The lowest BCUT2D eigenvalue weighted by Crippen LogP contribution is -2.22. The molecule has 4 aromatic rings. The van der Waals surface area contributed by atoms with Crippen LogP contribution in [0.25, 0.3) is 16.7 Å². The van der Waals surface area contributed by atoms with Gasteiger partial charge >= 0.3 is 0 Å². The van der Waals surface area contributed by atoms with E-state index < -0.39 is 0 Å². The number of methoxy groups -OCH3 is 3. The van der Waals surface area contributed by atoms with Gasteiger partial charge in [-0.15, -0.1) is 0 Å². The maximum absolute atomic E-state index is 13.4. The average molecular weight is 445 g/mol. The van der Waals surface area contributed by atoms with Gasteiger partial charge in [-0.1, -0.05) is 18.2 Å². The molecular formula is C25H23N3O5. The molecule has 1 N–H and O–H groups in total. The second kappa shape index (κ2) is 8.12. The fourth-order valence-electron chi connectivity index (χ4n) is 4.57. The first kappa shape index (κ1) is 20.8. The van der Waals surface area contributed by atoms with Crippen molar-refractivity contribution in [3.05, 3.63) is 75.7 Å². The molecule has 1 aliphatic rings. The number of carbonyl (C=O) groups is 1. The summed E-state index contributed by atoms with van der Waals surface area (Å²) in [5.41, 5.74) is 3.04. The summed E-state index contributed by atoms with van der Waals surface area (Å²) in [5, 5.41) is 3.52. The molecule has 0 bridgehead atoms. The maximum Gasteiger partial charge on any atom is 0.281 e. The predicted molar refractivity (Wildman–Crippen MR) is 123 cm³/mol. The first-order valence-electron chi connectivity index (χ1n) is 10.6. The van der Waals surface area contributed by atoms with Crippen LogP contribution in [0.5, 0.6) is 17.2 Å². The van der Waals surface area contributed by atoms with Crippen LogP contribution in [0.15, 0.2) is 53.5 Å². The van der Waals surface area contributed by atoms with E-state index in [1.54, 1.807) is 27.5 Å². The smallest absolute Gasteiger partial charge is 0.281 e. The number of fused-ring (bicyclic) bond motifs is 3. The number of nitrogens with one attached hydrogen (secondary N) is 1. The molecule has 0 amide bonds. The Hall–Kier alpha value is -4.07. The van der Waals surface area contributed by atoms with Gasteiger partial charge in [-0.2, -0.15) is 0 Å². The molecule has 5 rings (SSSR count). The number of Topliss-reactive ketones (excluding diaryl/α,β-unsaturated/α-hetero) is 1. The summed E-state index contributed by atoms with van der Waals surface area (Å²) in [7, 11) is 4.67. The molecule has 0 saturated heterocycles. The summed E-state index contributed by atoms with van der Waals surface area (Å²) in [6.45, 7) is 0. The van der Waals surface area contributed by atoms with Gasteiger partial charge in [-0.25, -0.2) is 9.67 Å². The number of H-pyrrole nitrogens is 1. The monoisotopic (exact) mass is 445 g/mol. The Labute approximate surface area is 189 Å². The van der Waals surface area contributed by atoms with Gasteiger partial charge in [-0.05, 0) is 47.7 Å². The molecule has 2 heterocycles. The first-order chi connectivity index (χ1) is 16.0. The van der Waals surface area contributed by atoms with Crippen molar-refractivity contribution in [3.63, 3.8) is 0 Å². The molecule has 0 fully saturated rings. The Morgan fingerprint density at radius 2 is 1.67 bits per heavy atom. The molecule has 0 spiro atoms. The van der Waals surface area contributed by atoms with E-state index in [2.05, 4.69) is 10.1 Å². The molecular weight excluding hydrogens is 422 g/mol. The summed E-state index contributed by atoms with van der Waals surface area (Å²) >= 11 is 0. The van der Waals surface area contributed by atoms with Gasteiger partial charge < -0.3 is 14.2 Å². The number of rotatable bonds is 5. The molecule has 2 aromatic heterocycles. The predicted octanol–water partition coefficient (Wildman–Crippen LogP) is 3.65. The van der Waals surface area contributed by atoms with Crippen molar-refractivity contribution in [2.24, 2.45) is 0 Å². The van der Waals surface area contributed by atoms with Crippen molar-refractivity contribution in [1.82, 2.24) is 14.8 Å². The molecule has 33 heavy (non-hydrogen) atoms. The second-order valence-corrected chi connectivity index (χ2v) is 7.95. The molecule has 0 saturated carbocycles. The number of aromatic amines is 1. The van der Waals surface area contributed by atoms with E-state index in [-0.39, 0.29) is 17.3 Å². The number of para-hydroxylation sites is 1. The summed E-state index contributed by atoms with van der Waals surface area (Å²) in [6.07, 6.45) is 2.38. The van der Waals surface area contributed by atoms with Crippen molar-refractivity contribution in [1.29, 1.82) is 0 Å². The number of hydrogen-bond acceptors (Lipinski definition) is 6. The Balaban J connectivity index is 1.64. The molecule has 0 unspecified atom stereocenters. The van der Waals surface area contributed by atoms with Gasteiger partial charge in [0.05, 0.1) is 32.4 Å².